The fourth-order valence-corrected chi connectivity index (χ4v) is 0.918. The summed E-state index contributed by atoms with van der Waals surface area (Å²) >= 11 is 11.3. The van der Waals surface area contributed by atoms with Gasteiger partial charge in [-0.1, -0.05) is 23.2 Å². The molecule has 0 aromatic carbocycles. The Hall–Kier alpha value is -0.670. The van der Waals surface area contributed by atoms with Gasteiger partial charge in [0.1, 0.15) is 11.3 Å². The van der Waals surface area contributed by atoms with Crippen LogP contribution < -0.4 is 0 Å². The number of rotatable bonds is 2. The van der Waals surface area contributed by atoms with Crippen LogP contribution in [-0.4, -0.2) is 5.97 Å². The highest BCUT2D eigenvalue weighted by atomic mass is 35.5. The lowest BCUT2D eigenvalue weighted by atomic mass is 10.5. The maximum absolute atomic E-state index is 10.4. The lowest BCUT2D eigenvalue weighted by Crippen LogP contribution is -1.97. The standard InChI is InChI=1S/C7H6Cl2O3/c1-4(10)11-3-6-7(9)5(8)2-12-6/h2H,3H2,1H3. The second kappa shape index (κ2) is 3.83. The summed E-state index contributed by atoms with van der Waals surface area (Å²) in [6.07, 6.45) is 1.29. The van der Waals surface area contributed by atoms with Crippen LogP contribution in [0.5, 0.6) is 0 Å². The van der Waals surface area contributed by atoms with Crippen LogP contribution in [0.1, 0.15) is 12.7 Å². The summed E-state index contributed by atoms with van der Waals surface area (Å²) in [6.45, 7) is 1.32. The van der Waals surface area contributed by atoms with Gasteiger partial charge >= 0.3 is 5.97 Å². The van der Waals surface area contributed by atoms with E-state index in [9.17, 15) is 4.79 Å². The Bertz CT molecular complexity index is 293. The summed E-state index contributed by atoms with van der Waals surface area (Å²) in [5.74, 6) is -0.0320. The molecule has 1 rings (SSSR count). The number of carbonyl (C=O) groups is 1. The summed E-state index contributed by atoms with van der Waals surface area (Å²) in [5, 5.41) is 0.608. The van der Waals surface area contributed by atoms with Crippen LogP contribution >= 0.6 is 23.2 Å². The van der Waals surface area contributed by atoms with Crippen LogP contribution in [-0.2, 0) is 16.1 Å². The van der Waals surface area contributed by atoms with Crippen LogP contribution in [0.25, 0.3) is 0 Å². The molecule has 0 N–H and O–H groups in total. The first kappa shape index (κ1) is 9.42. The van der Waals surface area contributed by atoms with E-state index in [4.69, 9.17) is 27.6 Å². The Balaban J connectivity index is 2.63. The van der Waals surface area contributed by atoms with Crippen molar-refractivity contribution in [2.75, 3.05) is 0 Å². The number of carbonyl (C=O) groups excluding carboxylic acids is 1. The first-order valence-electron chi connectivity index (χ1n) is 3.16. The van der Waals surface area contributed by atoms with E-state index >= 15 is 0 Å². The molecule has 66 valence electrons. The van der Waals surface area contributed by atoms with E-state index in [1.807, 2.05) is 0 Å². The second-order valence-corrected chi connectivity index (χ2v) is 2.89. The average molecular weight is 209 g/mol. The van der Waals surface area contributed by atoms with Crippen molar-refractivity contribution >= 4 is 29.2 Å². The van der Waals surface area contributed by atoms with Gasteiger partial charge in [0.25, 0.3) is 0 Å². The Morgan fingerprint density at radius 1 is 1.67 bits per heavy atom. The summed E-state index contributed by atoms with van der Waals surface area (Å²) in [4.78, 5) is 10.4. The summed E-state index contributed by atoms with van der Waals surface area (Å²) in [7, 11) is 0. The van der Waals surface area contributed by atoms with Crippen molar-refractivity contribution in [3.05, 3.63) is 22.1 Å². The average Bonchev–Trinajstić information content (AvgIpc) is 2.30. The highest BCUT2D eigenvalue weighted by Gasteiger charge is 2.10. The minimum Gasteiger partial charge on any atom is -0.462 e. The van der Waals surface area contributed by atoms with Crippen LogP contribution in [0.4, 0.5) is 0 Å². The minimum atomic E-state index is -0.390. The Morgan fingerprint density at radius 3 is 2.75 bits per heavy atom. The third-order valence-electron chi connectivity index (χ3n) is 1.17. The molecular formula is C7H6Cl2O3. The Morgan fingerprint density at radius 2 is 2.33 bits per heavy atom. The van der Waals surface area contributed by atoms with E-state index < -0.39 is 5.97 Å². The lowest BCUT2D eigenvalue weighted by molar-refractivity contribution is -0.142. The maximum atomic E-state index is 10.4. The third-order valence-corrected chi connectivity index (χ3v) is 1.95. The summed E-state index contributed by atoms with van der Waals surface area (Å²) < 4.78 is 9.55. The van der Waals surface area contributed by atoms with Gasteiger partial charge in [-0.15, -0.1) is 0 Å². The molecule has 0 bridgehead atoms. The molecule has 0 aliphatic rings. The first-order valence-corrected chi connectivity index (χ1v) is 3.91. The fraction of sp³-hybridized carbons (Fsp3) is 0.286. The molecule has 1 heterocycles. The number of hydrogen-bond donors (Lipinski definition) is 0. The van der Waals surface area contributed by atoms with E-state index in [0.717, 1.165) is 0 Å². The van der Waals surface area contributed by atoms with Crippen LogP contribution in [0.3, 0.4) is 0 Å². The Kier molecular flexibility index (Phi) is 3.00. The molecule has 0 atom stereocenters. The van der Waals surface area contributed by atoms with Gasteiger partial charge < -0.3 is 9.15 Å². The molecule has 0 saturated heterocycles. The van der Waals surface area contributed by atoms with Crippen molar-refractivity contribution in [1.82, 2.24) is 0 Å². The van der Waals surface area contributed by atoms with Crippen molar-refractivity contribution in [3.63, 3.8) is 0 Å². The van der Waals surface area contributed by atoms with Gasteiger partial charge in [-0.2, -0.15) is 0 Å². The highest BCUT2D eigenvalue weighted by molar-refractivity contribution is 6.42. The molecule has 0 aliphatic carbocycles. The molecule has 3 nitrogen and oxygen atoms in total. The van der Waals surface area contributed by atoms with Crippen molar-refractivity contribution in [2.24, 2.45) is 0 Å². The molecule has 0 spiro atoms. The van der Waals surface area contributed by atoms with Crippen molar-refractivity contribution in [3.8, 4) is 0 Å². The van der Waals surface area contributed by atoms with Gasteiger partial charge in [-0.3, -0.25) is 4.79 Å². The van der Waals surface area contributed by atoms with Gasteiger partial charge in [0.05, 0.1) is 5.02 Å². The number of ether oxygens (including phenoxy) is 1. The molecule has 0 saturated carbocycles. The van der Waals surface area contributed by atoms with E-state index in [2.05, 4.69) is 4.74 Å². The lowest BCUT2D eigenvalue weighted by Gasteiger charge is -1.97. The zero-order chi connectivity index (χ0) is 9.14. The van der Waals surface area contributed by atoms with Crippen molar-refractivity contribution in [2.45, 2.75) is 13.5 Å². The van der Waals surface area contributed by atoms with Gasteiger partial charge in [-0.05, 0) is 0 Å². The van der Waals surface area contributed by atoms with E-state index in [0.29, 0.717) is 10.8 Å². The van der Waals surface area contributed by atoms with Gasteiger partial charge in [0.15, 0.2) is 12.4 Å². The van der Waals surface area contributed by atoms with E-state index in [-0.39, 0.29) is 11.6 Å². The number of furan rings is 1. The molecular weight excluding hydrogens is 203 g/mol. The predicted molar refractivity (Wildman–Crippen MR) is 44.2 cm³/mol. The van der Waals surface area contributed by atoms with Crippen LogP contribution in [0, 0.1) is 0 Å². The van der Waals surface area contributed by atoms with Crippen LogP contribution in [0.15, 0.2) is 10.7 Å². The molecule has 0 fully saturated rings. The smallest absolute Gasteiger partial charge is 0.303 e. The topological polar surface area (TPSA) is 39.4 Å². The number of hydrogen-bond acceptors (Lipinski definition) is 3. The summed E-state index contributed by atoms with van der Waals surface area (Å²) in [5.41, 5.74) is 0. The van der Waals surface area contributed by atoms with E-state index in [1.165, 1.54) is 13.2 Å². The Labute approximate surface area is 79.2 Å². The van der Waals surface area contributed by atoms with Crippen molar-refractivity contribution < 1.29 is 13.9 Å². The molecule has 1 aromatic rings. The maximum Gasteiger partial charge on any atom is 0.303 e. The first-order chi connectivity index (χ1) is 5.61. The third kappa shape index (κ3) is 2.16. The van der Waals surface area contributed by atoms with Crippen molar-refractivity contribution in [1.29, 1.82) is 0 Å². The summed E-state index contributed by atoms with van der Waals surface area (Å²) in [6, 6.07) is 0. The van der Waals surface area contributed by atoms with Gasteiger partial charge in [-0.25, -0.2) is 0 Å². The monoisotopic (exact) mass is 208 g/mol. The molecule has 0 aliphatic heterocycles. The molecule has 5 heteroatoms. The van der Waals surface area contributed by atoms with Gasteiger partial charge in [0.2, 0.25) is 0 Å². The SMILES string of the molecule is CC(=O)OCc1occ(Cl)c1Cl. The number of esters is 1. The van der Waals surface area contributed by atoms with Gasteiger partial charge in [0, 0.05) is 6.92 Å². The quantitative estimate of drug-likeness (QED) is 0.702. The number of halogens is 2. The van der Waals surface area contributed by atoms with E-state index in [1.54, 1.807) is 0 Å². The fourth-order valence-electron chi connectivity index (χ4n) is 0.624. The molecule has 0 unspecified atom stereocenters. The zero-order valence-electron chi connectivity index (χ0n) is 6.27. The molecule has 12 heavy (non-hydrogen) atoms. The highest BCUT2D eigenvalue weighted by Crippen LogP contribution is 2.27. The largest absolute Gasteiger partial charge is 0.462 e. The van der Waals surface area contributed by atoms with Crippen LogP contribution in [0.2, 0.25) is 10.0 Å². The zero-order valence-corrected chi connectivity index (χ0v) is 7.78. The molecule has 0 amide bonds. The molecule has 1 aromatic heterocycles. The second-order valence-electron chi connectivity index (χ2n) is 2.10. The minimum absolute atomic E-state index is 0.0148. The molecule has 0 radical (unpaired) electrons. The normalized spacial score (nSPS) is 9.92. The predicted octanol–water partition coefficient (Wildman–Crippen LogP) is 2.65.